The molecule has 0 aliphatic rings. The summed E-state index contributed by atoms with van der Waals surface area (Å²) in [7, 11) is 0. The highest BCUT2D eigenvalue weighted by Gasteiger charge is 2.12. The molecule has 6 nitrogen and oxygen atoms in total. The van der Waals surface area contributed by atoms with Crippen LogP contribution in [0, 0.1) is 0 Å². The summed E-state index contributed by atoms with van der Waals surface area (Å²) in [6, 6.07) is 9.79. The molecule has 26 heavy (non-hydrogen) atoms. The summed E-state index contributed by atoms with van der Waals surface area (Å²) < 4.78 is 11.1. The molecule has 0 amide bonds. The summed E-state index contributed by atoms with van der Waals surface area (Å²) in [5.74, 6) is 2.56. The van der Waals surface area contributed by atoms with E-state index >= 15 is 0 Å². The molecular weight excluding hydrogens is 443 g/mol. The molecule has 0 unspecified atom stereocenters. The van der Waals surface area contributed by atoms with E-state index in [4.69, 9.17) is 9.26 Å². The summed E-state index contributed by atoms with van der Waals surface area (Å²) in [6.07, 6.45) is 1.68. The van der Waals surface area contributed by atoms with Gasteiger partial charge in [0.2, 0.25) is 0 Å². The standard InChI is InChI=1S/C19H28N4O2.HI/c1-4-17-16(18(5-2)25-23-17)14-22-19(20-6-3)21-12-13-24-15-10-8-7-9-11-15;/h7-11H,4-6,12-14H2,1-3H3,(H2,20,21,22);1H. The van der Waals surface area contributed by atoms with Gasteiger partial charge in [0.25, 0.3) is 0 Å². The smallest absolute Gasteiger partial charge is 0.191 e. The van der Waals surface area contributed by atoms with E-state index in [9.17, 15) is 0 Å². The summed E-state index contributed by atoms with van der Waals surface area (Å²) in [5, 5.41) is 10.7. The highest BCUT2D eigenvalue weighted by atomic mass is 127. The number of hydrogen-bond acceptors (Lipinski definition) is 4. The van der Waals surface area contributed by atoms with Gasteiger partial charge in [0.05, 0.1) is 18.8 Å². The molecular formula is C19H29IN4O2. The van der Waals surface area contributed by atoms with Crippen molar-refractivity contribution < 1.29 is 9.26 Å². The van der Waals surface area contributed by atoms with Gasteiger partial charge in [-0.2, -0.15) is 0 Å². The first-order chi connectivity index (χ1) is 12.3. The molecule has 0 atom stereocenters. The molecule has 2 N–H and O–H groups in total. The lowest BCUT2D eigenvalue weighted by molar-refractivity contribution is 0.322. The fraction of sp³-hybridized carbons (Fsp3) is 0.474. The van der Waals surface area contributed by atoms with Crippen LogP contribution in [-0.2, 0) is 19.4 Å². The Morgan fingerprint density at radius 2 is 1.88 bits per heavy atom. The Balaban J connectivity index is 0.00000338. The molecule has 0 radical (unpaired) electrons. The average molecular weight is 472 g/mol. The molecule has 0 bridgehead atoms. The number of guanidine groups is 1. The van der Waals surface area contributed by atoms with Crippen LogP contribution in [0.25, 0.3) is 0 Å². The molecule has 1 heterocycles. The molecule has 1 aromatic carbocycles. The van der Waals surface area contributed by atoms with Gasteiger partial charge >= 0.3 is 0 Å². The molecule has 0 fully saturated rings. The van der Waals surface area contributed by atoms with Gasteiger partial charge in [0.1, 0.15) is 18.1 Å². The second-order valence-corrected chi connectivity index (χ2v) is 5.52. The first-order valence-corrected chi connectivity index (χ1v) is 8.94. The minimum Gasteiger partial charge on any atom is -0.492 e. The predicted molar refractivity (Wildman–Crippen MR) is 115 cm³/mol. The van der Waals surface area contributed by atoms with Gasteiger partial charge < -0.3 is 19.9 Å². The minimum atomic E-state index is 0. The highest BCUT2D eigenvalue weighted by molar-refractivity contribution is 14.0. The maximum Gasteiger partial charge on any atom is 0.191 e. The fourth-order valence-electron chi connectivity index (χ4n) is 2.47. The number of para-hydroxylation sites is 1. The number of benzene rings is 1. The molecule has 1 aromatic heterocycles. The summed E-state index contributed by atoms with van der Waals surface area (Å²) in [6.45, 7) is 8.80. The third kappa shape index (κ3) is 6.86. The number of aromatic nitrogens is 1. The zero-order valence-corrected chi connectivity index (χ0v) is 18.1. The second-order valence-electron chi connectivity index (χ2n) is 5.52. The first kappa shape index (κ1) is 22.3. The molecule has 2 aromatic rings. The number of ether oxygens (including phenoxy) is 1. The van der Waals surface area contributed by atoms with Crippen LogP contribution in [0.15, 0.2) is 39.8 Å². The Morgan fingerprint density at radius 3 is 2.54 bits per heavy atom. The molecule has 7 heteroatoms. The maximum absolute atomic E-state index is 5.69. The lowest BCUT2D eigenvalue weighted by Crippen LogP contribution is -2.39. The van der Waals surface area contributed by atoms with E-state index in [2.05, 4.69) is 34.6 Å². The first-order valence-electron chi connectivity index (χ1n) is 8.94. The summed E-state index contributed by atoms with van der Waals surface area (Å²) in [4.78, 5) is 4.66. The van der Waals surface area contributed by atoms with Crippen LogP contribution < -0.4 is 15.4 Å². The van der Waals surface area contributed by atoms with E-state index in [1.165, 1.54) is 0 Å². The summed E-state index contributed by atoms with van der Waals surface area (Å²) >= 11 is 0. The van der Waals surface area contributed by atoms with E-state index in [-0.39, 0.29) is 24.0 Å². The van der Waals surface area contributed by atoms with Crippen LogP contribution in [0.4, 0.5) is 0 Å². The Kier molecular flexibility index (Phi) is 10.8. The van der Waals surface area contributed by atoms with Crippen LogP contribution in [0.1, 0.15) is 37.8 Å². The lowest BCUT2D eigenvalue weighted by Gasteiger charge is -2.12. The Morgan fingerprint density at radius 1 is 1.12 bits per heavy atom. The summed E-state index contributed by atoms with van der Waals surface area (Å²) in [5.41, 5.74) is 2.09. The lowest BCUT2D eigenvalue weighted by atomic mass is 10.1. The number of halogens is 1. The van der Waals surface area contributed by atoms with Crippen LogP contribution in [0.2, 0.25) is 0 Å². The van der Waals surface area contributed by atoms with Crippen LogP contribution >= 0.6 is 24.0 Å². The van der Waals surface area contributed by atoms with Crippen LogP contribution in [-0.4, -0.2) is 30.8 Å². The van der Waals surface area contributed by atoms with Gasteiger partial charge in [0, 0.05) is 18.5 Å². The van der Waals surface area contributed by atoms with E-state index in [1.807, 2.05) is 37.3 Å². The number of rotatable bonds is 9. The molecule has 0 saturated heterocycles. The molecule has 0 saturated carbocycles. The van der Waals surface area contributed by atoms with Gasteiger partial charge in [-0.25, -0.2) is 4.99 Å². The largest absolute Gasteiger partial charge is 0.492 e. The highest BCUT2D eigenvalue weighted by Crippen LogP contribution is 2.16. The number of aliphatic imine (C=N–C) groups is 1. The van der Waals surface area contributed by atoms with Gasteiger partial charge in [-0.3, -0.25) is 0 Å². The van der Waals surface area contributed by atoms with E-state index in [1.54, 1.807) is 0 Å². The third-order valence-corrected chi connectivity index (χ3v) is 3.75. The normalized spacial score (nSPS) is 11.0. The number of hydrogen-bond donors (Lipinski definition) is 2. The van der Waals surface area contributed by atoms with Gasteiger partial charge in [-0.05, 0) is 25.5 Å². The molecule has 144 valence electrons. The second kappa shape index (κ2) is 12.6. The Labute approximate surface area is 172 Å². The van der Waals surface area contributed by atoms with Crippen molar-refractivity contribution in [1.29, 1.82) is 0 Å². The maximum atomic E-state index is 5.69. The van der Waals surface area contributed by atoms with Gasteiger partial charge in [-0.1, -0.05) is 37.2 Å². The predicted octanol–water partition coefficient (Wildman–Crippen LogP) is 3.55. The Bertz CT molecular complexity index is 637. The zero-order chi connectivity index (χ0) is 17.9. The van der Waals surface area contributed by atoms with Crippen LogP contribution in [0.3, 0.4) is 0 Å². The van der Waals surface area contributed by atoms with E-state index in [0.717, 1.165) is 48.1 Å². The van der Waals surface area contributed by atoms with Crippen molar-refractivity contribution >= 4 is 29.9 Å². The fourth-order valence-corrected chi connectivity index (χ4v) is 2.47. The molecule has 0 aliphatic carbocycles. The topological polar surface area (TPSA) is 71.7 Å². The van der Waals surface area contributed by atoms with E-state index in [0.29, 0.717) is 19.7 Å². The van der Waals surface area contributed by atoms with Crippen molar-refractivity contribution in [2.45, 2.75) is 40.2 Å². The monoisotopic (exact) mass is 472 g/mol. The van der Waals surface area contributed by atoms with Crippen molar-refractivity contribution in [3.05, 3.63) is 47.3 Å². The minimum absolute atomic E-state index is 0. The Hall–Kier alpha value is -1.77. The van der Waals surface area contributed by atoms with E-state index < -0.39 is 0 Å². The SMILES string of the molecule is CCNC(=NCc1c(CC)noc1CC)NCCOc1ccccc1.I. The number of nitrogens with one attached hydrogen (secondary N) is 2. The van der Waals surface area contributed by atoms with Crippen LogP contribution in [0.5, 0.6) is 5.75 Å². The van der Waals surface area contributed by atoms with Crippen molar-refractivity contribution in [2.24, 2.45) is 4.99 Å². The zero-order valence-electron chi connectivity index (χ0n) is 15.7. The molecule has 2 rings (SSSR count). The number of nitrogens with zero attached hydrogens (tertiary/aromatic N) is 2. The molecule has 0 aliphatic heterocycles. The van der Waals surface area contributed by atoms with Gasteiger partial charge in [-0.15, -0.1) is 24.0 Å². The van der Waals surface area contributed by atoms with Crippen molar-refractivity contribution in [1.82, 2.24) is 15.8 Å². The van der Waals surface area contributed by atoms with Crippen molar-refractivity contribution in [3.63, 3.8) is 0 Å². The number of aryl methyl sites for hydroxylation is 2. The van der Waals surface area contributed by atoms with Crippen molar-refractivity contribution in [2.75, 3.05) is 19.7 Å². The average Bonchev–Trinajstić information content (AvgIpc) is 3.06. The molecule has 0 spiro atoms. The van der Waals surface area contributed by atoms with Crippen molar-refractivity contribution in [3.8, 4) is 5.75 Å². The quantitative estimate of drug-likeness (QED) is 0.253. The third-order valence-electron chi connectivity index (χ3n) is 3.75. The van der Waals surface area contributed by atoms with Gasteiger partial charge in [0.15, 0.2) is 5.96 Å².